The van der Waals surface area contributed by atoms with Gasteiger partial charge in [-0.15, -0.1) is 0 Å². The second-order valence-corrected chi connectivity index (χ2v) is 5.72. The molecule has 0 aliphatic heterocycles. The normalized spacial score (nSPS) is 16.9. The first kappa shape index (κ1) is 16.1. The summed E-state index contributed by atoms with van der Waals surface area (Å²) in [5, 5.41) is 12.5. The number of aliphatic hydroxyl groups excluding tert-OH is 1. The third kappa shape index (κ3) is 4.61. The number of hydrogen-bond acceptors (Lipinski definition) is 3. The monoisotopic (exact) mass is 302 g/mol. The smallest absolute Gasteiger partial charge is 0.392 e. The summed E-state index contributed by atoms with van der Waals surface area (Å²) in [7, 11) is 1.67. The van der Waals surface area contributed by atoms with Gasteiger partial charge in [-0.3, -0.25) is 0 Å². The Morgan fingerprint density at radius 1 is 1.38 bits per heavy atom. The van der Waals surface area contributed by atoms with Crippen LogP contribution < -0.4 is 10.2 Å². The Bertz CT molecular complexity index is 484. The van der Waals surface area contributed by atoms with Crippen molar-refractivity contribution in [2.75, 3.05) is 18.5 Å². The molecule has 1 fully saturated rings. The highest BCUT2D eigenvalue weighted by Crippen LogP contribution is 2.35. The number of halogens is 3. The summed E-state index contributed by atoms with van der Waals surface area (Å²) in [6.07, 6.45) is -2.89. The maximum absolute atomic E-state index is 13.2. The van der Waals surface area contributed by atoms with Crippen LogP contribution in [-0.2, 0) is 12.7 Å². The van der Waals surface area contributed by atoms with E-state index in [4.69, 9.17) is 0 Å². The van der Waals surface area contributed by atoms with Crippen molar-refractivity contribution in [2.45, 2.75) is 44.6 Å². The van der Waals surface area contributed by atoms with Crippen LogP contribution in [0.4, 0.5) is 18.9 Å². The van der Waals surface area contributed by atoms with Crippen LogP contribution >= 0.6 is 0 Å². The van der Waals surface area contributed by atoms with Gasteiger partial charge in [0.15, 0.2) is 0 Å². The fraction of sp³-hybridized carbons (Fsp3) is 0.600. The molecule has 0 radical (unpaired) electrons. The van der Waals surface area contributed by atoms with Crippen LogP contribution in [0.25, 0.3) is 0 Å². The van der Waals surface area contributed by atoms with E-state index in [0.29, 0.717) is 11.7 Å². The molecule has 118 valence electrons. The fourth-order valence-electron chi connectivity index (χ4n) is 2.26. The SMILES string of the molecule is CC(O)CN(C)c1ccc(CNC2CC2)c(C(F)(F)F)c1. The van der Waals surface area contributed by atoms with Crippen LogP contribution in [0.2, 0.25) is 0 Å². The van der Waals surface area contributed by atoms with Gasteiger partial charge in [-0.25, -0.2) is 0 Å². The molecule has 0 aromatic heterocycles. The van der Waals surface area contributed by atoms with Gasteiger partial charge in [0.05, 0.1) is 11.7 Å². The fourth-order valence-corrected chi connectivity index (χ4v) is 2.26. The van der Waals surface area contributed by atoms with Gasteiger partial charge in [-0.2, -0.15) is 13.2 Å². The van der Waals surface area contributed by atoms with E-state index in [1.807, 2.05) is 0 Å². The summed E-state index contributed by atoms with van der Waals surface area (Å²) >= 11 is 0. The van der Waals surface area contributed by atoms with Gasteiger partial charge in [0.25, 0.3) is 0 Å². The molecule has 1 aromatic carbocycles. The van der Waals surface area contributed by atoms with Crippen molar-refractivity contribution in [1.82, 2.24) is 5.32 Å². The Labute approximate surface area is 122 Å². The summed E-state index contributed by atoms with van der Waals surface area (Å²) in [6.45, 7) is 2.13. The average Bonchev–Trinajstić information content (AvgIpc) is 3.18. The first-order valence-electron chi connectivity index (χ1n) is 7.10. The van der Waals surface area contributed by atoms with Gasteiger partial charge in [-0.05, 0) is 37.5 Å². The number of likely N-dealkylation sites (N-methyl/N-ethyl adjacent to an activating group) is 1. The standard InChI is InChI=1S/C15H21F3N2O/c1-10(21)9-20(2)13-6-3-11(8-19-12-4-5-12)14(7-13)15(16,17)18/h3,6-7,10,12,19,21H,4-5,8-9H2,1-2H3. The lowest BCUT2D eigenvalue weighted by Crippen LogP contribution is -2.27. The van der Waals surface area contributed by atoms with Crippen LogP contribution in [0.5, 0.6) is 0 Å². The number of alkyl halides is 3. The maximum atomic E-state index is 13.2. The van der Waals surface area contributed by atoms with E-state index in [1.165, 1.54) is 6.07 Å². The Morgan fingerprint density at radius 3 is 2.57 bits per heavy atom. The molecule has 2 rings (SSSR count). The van der Waals surface area contributed by atoms with Crippen LogP contribution in [0.1, 0.15) is 30.9 Å². The van der Waals surface area contributed by atoms with Gasteiger partial charge < -0.3 is 15.3 Å². The molecule has 2 N–H and O–H groups in total. The first-order chi connectivity index (χ1) is 9.77. The number of benzene rings is 1. The van der Waals surface area contributed by atoms with E-state index in [0.717, 1.165) is 18.9 Å². The average molecular weight is 302 g/mol. The number of anilines is 1. The van der Waals surface area contributed by atoms with Crippen LogP contribution in [0.3, 0.4) is 0 Å². The zero-order valence-corrected chi connectivity index (χ0v) is 12.2. The Hall–Kier alpha value is -1.27. The van der Waals surface area contributed by atoms with E-state index >= 15 is 0 Å². The number of nitrogens with zero attached hydrogens (tertiary/aromatic N) is 1. The summed E-state index contributed by atoms with van der Waals surface area (Å²) < 4.78 is 39.6. The summed E-state index contributed by atoms with van der Waals surface area (Å²) in [5.74, 6) is 0. The summed E-state index contributed by atoms with van der Waals surface area (Å²) in [6, 6.07) is 4.71. The van der Waals surface area contributed by atoms with E-state index in [1.54, 1.807) is 24.9 Å². The van der Waals surface area contributed by atoms with Crippen molar-refractivity contribution in [3.05, 3.63) is 29.3 Å². The lowest BCUT2D eigenvalue weighted by Gasteiger charge is -2.23. The second kappa shape index (κ2) is 6.23. The summed E-state index contributed by atoms with van der Waals surface area (Å²) in [4.78, 5) is 1.62. The molecule has 0 amide bonds. The molecule has 0 spiro atoms. The largest absolute Gasteiger partial charge is 0.416 e. The Morgan fingerprint density at radius 2 is 2.05 bits per heavy atom. The second-order valence-electron chi connectivity index (χ2n) is 5.72. The summed E-state index contributed by atoms with van der Waals surface area (Å²) in [5.41, 5.74) is 0.118. The molecule has 1 aromatic rings. The van der Waals surface area contributed by atoms with Crippen molar-refractivity contribution >= 4 is 5.69 Å². The van der Waals surface area contributed by atoms with Crippen LogP contribution in [0.15, 0.2) is 18.2 Å². The quantitative estimate of drug-likeness (QED) is 0.848. The van der Waals surface area contributed by atoms with Crippen molar-refractivity contribution < 1.29 is 18.3 Å². The van der Waals surface area contributed by atoms with E-state index in [9.17, 15) is 18.3 Å². The predicted molar refractivity (Wildman–Crippen MR) is 76.3 cm³/mol. The molecule has 1 saturated carbocycles. The molecule has 6 heteroatoms. The number of hydrogen-bond donors (Lipinski definition) is 2. The third-order valence-corrected chi connectivity index (χ3v) is 3.54. The van der Waals surface area contributed by atoms with Crippen molar-refractivity contribution in [1.29, 1.82) is 0 Å². The van der Waals surface area contributed by atoms with Crippen molar-refractivity contribution in [2.24, 2.45) is 0 Å². The topological polar surface area (TPSA) is 35.5 Å². The zero-order chi connectivity index (χ0) is 15.6. The third-order valence-electron chi connectivity index (χ3n) is 3.54. The van der Waals surface area contributed by atoms with Gasteiger partial charge in [0.1, 0.15) is 0 Å². The molecular formula is C15H21F3N2O. The first-order valence-corrected chi connectivity index (χ1v) is 7.10. The van der Waals surface area contributed by atoms with Gasteiger partial charge >= 0.3 is 6.18 Å². The zero-order valence-electron chi connectivity index (χ0n) is 12.2. The molecule has 1 aliphatic carbocycles. The minimum absolute atomic E-state index is 0.236. The minimum atomic E-state index is -4.37. The molecule has 0 heterocycles. The van der Waals surface area contributed by atoms with Crippen molar-refractivity contribution in [3.8, 4) is 0 Å². The van der Waals surface area contributed by atoms with E-state index < -0.39 is 17.8 Å². The highest BCUT2D eigenvalue weighted by Gasteiger charge is 2.34. The van der Waals surface area contributed by atoms with Gasteiger partial charge in [0, 0.05) is 31.9 Å². The van der Waals surface area contributed by atoms with Crippen molar-refractivity contribution in [3.63, 3.8) is 0 Å². The molecule has 1 aliphatic rings. The minimum Gasteiger partial charge on any atom is -0.392 e. The highest BCUT2D eigenvalue weighted by atomic mass is 19.4. The van der Waals surface area contributed by atoms with Crippen LogP contribution in [-0.4, -0.2) is 30.8 Å². The van der Waals surface area contributed by atoms with Crippen LogP contribution in [0, 0.1) is 0 Å². The molecule has 1 atom stereocenters. The molecule has 3 nitrogen and oxygen atoms in total. The lowest BCUT2D eigenvalue weighted by atomic mass is 10.1. The molecule has 0 bridgehead atoms. The lowest BCUT2D eigenvalue weighted by molar-refractivity contribution is -0.138. The van der Waals surface area contributed by atoms with E-state index in [-0.39, 0.29) is 18.7 Å². The van der Waals surface area contributed by atoms with E-state index in [2.05, 4.69) is 5.32 Å². The molecule has 1 unspecified atom stereocenters. The Balaban J connectivity index is 2.21. The number of rotatable bonds is 6. The maximum Gasteiger partial charge on any atom is 0.416 e. The number of aliphatic hydroxyl groups is 1. The molecule has 0 saturated heterocycles. The van der Waals surface area contributed by atoms with Gasteiger partial charge in [0.2, 0.25) is 0 Å². The Kier molecular flexibility index (Phi) is 4.78. The number of nitrogens with one attached hydrogen (secondary N) is 1. The predicted octanol–water partition coefficient (Wildman–Crippen LogP) is 2.77. The molecule has 21 heavy (non-hydrogen) atoms. The highest BCUT2D eigenvalue weighted by molar-refractivity contribution is 5.51. The van der Waals surface area contributed by atoms with Gasteiger partial charge in [-0.1, -0.05) is 6.07 Å². The molecular weight excluding hydrogens is 281 g/mol.